The summed E-state index contributed by atoms with van der Waals surface area (Å²) in [6.07, 6.45) is 4.90. The third-order valence-electron chi connectivity index (χ3n) is 5.10. The minimum Gasteiger partial charge on any atom is -0.444 e. The molecule has 0 aromatic carbocycles. The zero-order chi connectivity index (χ0) is 18.5. The largest absolute Gasteiger partial charge is 0.444 e. The smallest absolute Gasteiger partial charge is 0.407 e. The van der Waals surface area contributed by atoms with E-state index in [9.17, 15) is 10.1 Å². The Labute approximate surface area is 151 Å². The van der Waals surface area contributed by atoms with Gasteiger partial charge in [0.15, 0.2) is 0 Å². The van der Waals surface area contributed by atoms with E-state index in [0.29, 0.717) is 17.8 Å². The monoisotopic (exact) mass is 354 g/mol. The van der Waals surface area contributed by atoms with Gasteiger partial charge in [0.05, 0.1) is 17.0 Å². The van der Waals surface area contributed by atoms with Crippen LogP contribution in [0.5, 0.6) is 0 Å². The van der Waals surface area contributed by atoms with E-state index in [2.05, 4.69) is 31.2 Å². The Morgan fingerprint density at radius 1 is 1.46 bits per heavy atom. The van der Waals surface area contributed by atoms with Gasteiger partial charge in [0.25, 0.3) is 0 Å². The Morgan fingerprint density at radius 3 is 2.88 bits per heavy atom. The normalized spacial score (nSPS) is 21.0. The summed E-state index contributed by atoms with van der Waals surface area (Å²) >= 11 is 0. The molecule has 1 atom stereocenters. The number of carbonyl (C=O) groups excluding carboxylic acids is 1. The summed E-state index contributed by atoms with van der Waals surface area (Å²) in [7, 11) is 0. The molecule has 2 N–H and O–H groups in total. The number of carbonyl (C=O) groups is 1. The summed E-state index contributed by atoms with van der Waals surface area (Å²) in [6, 6.07) is 2.20. The lowest BCUT2D eigenvalue weighted by atomic mass is 10.0. The standard InChI is InChI=1S/C18H22N6O2/c1-17(2,3)26-16(25)23-12-8-24(9-18(12)4-5-18)15-13-11(6-19)7-20-14(13)21-10-22-15/h7,10,12H,4-5,8-9H2,1-3H3,(H,23,25)(H,20,21,22). The number of alkyl carbamates (subject to hydrolysis) is 1. The van der Waals surface area contributed by atoms with Crippen LogP contribution in [0, 0.1) is 16.7 Å². The molecule has 8 nitrogen and oxygen atoms in total. The van der Waals surface area contributed by atoms with E-state index >= 15 is 0 Å². The van der Waals surface area contributed by atoms with Gasteiger partial charge >= 0.3 is 6.09 Å². The van der Waals surface area contributed by atoms with Crippen LogP contribution in [0.25, 0.3) is 11.0 Å². The van der Waals surface area contributed by atoms with Crippen LogP contribution in [0.1, 0.15) is 39.2 Å². The van der Waals surface area contributed by atoms with Crippen molar-refractivity contribution in [2.24, 2.45) is 5.41 Å². The molecule has 2 aliphatic rings. The van der Waals surface area contributed by atoms with E-state index in [4.69, 9.17) is 4.74 Å². The molecule has 3 heterocycles. The van der Waals surface area contributed by atoms with E-state index in [1.807, 2.05) is 20.8 Å². The number of nitriles is 1. The Morgan fingerprint density at radius 2 is 2.23 bits per heavy atom. The lowest BCUT2D eigenvalue weighted by Crippen LogP contribution is -2.44. The molecule has 136 valence electrons. The maximum Gasteiger partial charge on any atom is 0.407 e. The Balaban J connectivity index is 1.59. The van der Waals surface area contributed by atoms with Crippen molar-refractivity contribution in [1.82, 2.24) is 20.3 Å². The number of aromatic nitrogens is 3. The number of ether oxygens (including phenoxy) is 1. The average Bonchev–Trinajstić information content (AvgIpc) is 3.07. The number of rotatable bonds is 2. The number of hydrogen-bond donors (Lipinski definition) is 2. The molecule has 1 saturated carbocycles. The molecule has 2 fully saturated rings. The van der Waals surface area contributed by atoms with E-state index in [1.165, 1.54) is 6.33 Å². The summed E-state index contributed by atoms with van der Waals surface area (Å²) in [5.74, 6) is 0.743. The Kier molecular flexibility index (Phi) is 3.58. The van der Waals surface area contributed by atoms with Gasteiger partial charge in [-0.3, -0.25) is 0 Å². The average molecular weight is 354 g/mol. The topological polar surface area (TPSA) is 107 Å². The van der Waals surface area contributed by atoms with Crippen molar-refractivity contribution >= 4 is 22.9 Å². The fraction of sp³-hybridized carbons (Fsp3) is 0.556. The fourth-order valence-electron chi connectivity index (χ4n) is 3.72. The molecule has 26 heavy (non-hydrogen) atoms. The molecule has 1 aliphatic carbocycles. The predicted molar refractivity (Wildman–Crippen MR) is 95.6 cm³/mol. The van der Waals surface area contributed by atoms with Crippen LogP contribution < -0.4 is 10.2 Å². The molecule has 0 bridgehead atoms. The maximum atomic E-state index is 12.2. The number of fused-ring (bicyclic) bond motifs is 1. The summed E-state index contributed by atoms with van der Waals surface area (Å²) in [6.45, 7) is 7.01. The zero-order valence-electron chi connectivity index (χ0n) is 15.2. The van der Waals surface area contributed by atoms with Crippen molar-refractivity contribution in [3.05, 3.63) is 18.1 Å². The van der Waals surface area contributed by atoms with E-state index in [0.717, 1.165) is 30.6 Å². The first kappa shape index (κ1) is 16.6. The quantitative estimate of drug-likeness (QED) is 0.857. The maximum absolute atomic E-state index is 12.2. The highest BCUT2D eigenvalue weighted by Gasteiger charge is 2.56. The molecule has 2 aromatic rings. The molecule has 1 unspecified atom stereocenters. The lowest BCUT2D eigenvalue weighted by Gasteiger charge is -2.23. The minimum atomic E-state index is -0.523. The number of aromatic amines is 1. The van der Waals surface area contributed by atoms with E-state index in [-0.39, 0.29) is 17.6 Å². The van der Waals surface area contributed by atoms with Gasteiger partial charge < -0.3 is 19.9 Å². The molecular weight excluding hydrogens is 332 g/mol. The van der Waals surface area contributed by atoms with Crippen molar-refractivity contribution in [2.75, 3.05) is 18.0 Å². The second-order valence-electron chi connectivity index (χ2n) is 8.18. The molecule has 0 radical (unpaired) electrons. The highest BCUT2D eigenvalue weighted by Crippen LogP contribution is 2.53. The number of anilines is 1. The van der Waals surface area contributed by atoms with E-state index < -0.39 is 5.60 Å². The lowest BCUT2D eigenvalue weighted by molar-refractivity contribution is 0.0493. The van der Waals surface area contributed by atoms with Gasteiger partial charge in [-0.05, 0) is 33.6 Å². The molecule has 2 aromatic heterocycles. The first-order chi connectivity index (χ1) is 12.3. The van der Waals surface area contributed by atoms with Crippen LogP contribution >= 0.6 is 0 Å². The first-order valence-electron chi connectivity index (χ1n) is 8.78. The fourth-order valence-corrected chi connectivity index (χ4v) is 3.72. The van der Waals surface area contributed by atoms with Gasteiger partial charge in [0.1, 0.15) is 29.5 Å². The van der Waals surface area contributed by atoms with Crippen molar-refractivity contribution in [3.8, 4) is 6.07 Å². The zero-order valence-corrected chi connectivity index (χ0v) is 15.2. The van der Waals surface area contributed by atoms with Crippen LogP contribution in [0.4, 0.5) is 10.6 Å². The van der Waals surface area contributed by atoms with Crippen LogP contribution in [0.2, 0.25) is 0 Å². The highest BCUT2D eigenvalue weighted by atomic mass is 16.6. The van der Waals surface area contributed by atoms with Crippen LogP contribution in [-0.4, -0.2) is 45.8 Å². The van der Waals surface area contributed by atoms with E-state index in [1.54, 1.807) is 6.20 Å². The van der Waals surface area contributed by atoms with Gasteiger partial charge in [-0.15, -0.1) is 0 Å². The highest BCUT2D eigenvalue weighted by molar-refractivity contribution is 5.93. The van der Waals surface area contributed by atoms with Crippen molar-refractivity contribution in [3.63, 3.8) is 0 Å². The van der Waals surface area contributed by atoms with Crippen LogP contribution in [0.3, 0.4) is 0 Å². The third-order valence-corrected chi connectivity index (χ3v) is 5.10. The van der Waals surface area contributed by atoms with Gasteiger partial charge in [-0.1, -0.05) is 0 Å². The van der Waals surface area contributed by atoms with Crippen LogP contribution in [-0.2, 0) is 4.74 Å². The number of amides is 1. The molecule has 1 spiro atoms. The summed E-state index contributed by atoms with van der Waals surface area (Å²) in [5.41, 5.74) is 0.728. The molecule has 1 aliphatic heterocycles. The van der Waals surface area contributed by atoms with Crippen molar-refractivity contribution in [2.45, 2.75) is 45.3 Å². The third kappa shape index (κ3) is 2.83. The first-order valence-corrected chi connectivity index (χ1v) is 8.78. The SMILES string of the molecule is CC(C)(C)OC(=O)NC1CN(c2ncnc3[nH]cc(C#N)c23)CC12CC2. The van der Waals surface area contributed by atoms with Gasteiger partial charge in [-0.2, -0.15) is 5.26 Å². The number of nitrogens with one attached hydrogen (secondary N) is 2. The molecule has 1 saturated heterocycles. The number of H-pyrrole nitrogens is 1. The predicted octanol–water partition coefficient (Wildman–Crippen LogP) is 2.32. The second kappa shape index (κ2) is 5.59. The summed E-state index contributed by atoms with van der Waals surface area (Å²) in [4.78, 5) is 26.0. The molecule has 4 rings (SSSR count). The Bertz CT molecular complexity index is 903. The van der Waals surface area contributed by atoms with Crippen LogP contribution in [0.15, 0.2) is 12.5 Å². The van der Waals surface area contributed by atoms with Crippen molar-refractivity contribution in [1.29, 1.82) is 5.26 Å². The van der Waals surface area contributed by atoms with Gasteiger partial charge in [0, 0.05) is 24.7 Å². The Hall–Kier alpha value is -2.82. The summed E-state index contributed by atoms with van der Waals surface area (Å²) < 4.78 is 5.41. The minimum absolute atomic E-state index is 0.00634. The number of hydrogen-bond acceptors (Lipinski definition) is 6. The summed E-state index contributed by atoms with van der Waals surface area (Å²) in [5, 5.41) is 13.1. The van der Waals surface area contributed by atoms with Gasteiger partial charge in [-0.25, -0.2) is 14.8 Å². The molecule has 1 amide bonds. The second-order valence-corrected chi connectivity index (χ2v) is 8.18. The number of nitrogens with zero attached hydrogens (tertiary/aromatic N) is 4. The van der Waals surface area contributed by atoms with Crippen molar-refractivity contribution < 1.29 is 9.53 Å². The van der Waals surface area contributed by atoms with Gasteiger partial charge in [0.2, 0.25) is 0 Å². The molecule has 8 heteroatoms. The molecular formula is C18H22N6O2.